The molecule has 19 heavy (non-hydrogen) atoms. The summed E-state index contributed by atoms with van der Waals surface area (Å²) in [6.07, 6.45) is 3.99. The van der Waals surface area contributed by atoms with Crippen LogP contribution in [0.1, 0.15) is 32.1 Å². The Morgan fingerprint density at radius 1 is 1.26 bits per heavy atom. The fraction of sp³-hybridized carbons (Fsp3) is 0.667. The molecular weight excluding hydrogens is 270 g/mol. The van der Waals surface area contributed by atoms with E-state index in [2.05, 4.69) is 5.32 Å². The van der Waals surface area contributed by atoms with E-state index >= 15 is 0 Å². The molecule has 1 aliphatic heterocycles. The van der Waals surface area contributed by atoms with Gasteiger partial charge >= 0.3 is 5.97 Å². The maximum Gasteiger partial charge on any atom is 0.303 e. The number of carbonyl (C=O) groups is 2. The molecule has 0 aromatic heterocycles. The molecule has 0 aliphatic carbocycles. The molecule has 1 heterocycles. The van der Waals surface area contributed by atoms with Crippen LogP contribution in [0, 0.1) is 5.92 Å². The van der Waals surface area contributed by atoms with E-state index in [1.54, 1.807) is 6.08 Å². The molecule has 1 unspecified atom stereocenters. The molecule has 0 spiro atoms. The Morgan fingerprint density at radius 2 is 2.00 bits per heavy atom. The van der Waals surface area contributed by atoms with Gasteiger partial charge in [0, 0.05) is 30.7 Å². The van der Waals surface area contributed by atoms with Gasteiger partial charge in [0.1, 0.15) is 0 Å². The zero-order chi connectivity index (χ0) is 14.3. The number of hydrogen-bond donors (Lipinski definition) is 2. The Balaban J connectivity index is 2.06. The van der Waals surface area contributed by atoms with E-state index in [1.807, 2.05) is 0 Å². The zero-order valence-electron chi connectivity index (χ0n) is 10.7. The maximum absolute atomic E-state index is 11.5. The van der Waals surface area contributed by atoms with Crippen LogP contribution in [0.4, 0.5) is 0 Å². The molecular formula is C12H19NO5S. The van der Waals surface area contributed by atoms with E-state index in [9.17, 15) is 18.0 Å². The summed E-state index contributed by atoms with van der Waals surface area (Å²) in [6, 6.07) is 0. The number of amides is 1. The second-order valence-electron chi connectivity index (χ2n) is 4.68. The van der Waals surface area contributed by atoms with Gasteiger partial charge in [-0.3, -0.25) is 9.59 Å². The highest BCUT2D eigenvalue weighted by atomic mass is 32.2. The van der Waals surface area contributed by atoms with E-state index in [4.69, 9.17) is 5.11 Å². The third-order valence-electron chi connectivity index (χ3n) is 2.84. The summed E-state index contributed by atoms with van der Waals surface area (Å²) in [6.45, 7) is 0.502. The van der Waals surface area contributed by atoms with Crippen molar-refractivity contribution in [2.24, 2.45) is 5.92 Å². The van der Waals surface area contributed by atoms with Gasteiger partial charge in [0.2, 0.25) is 5.91 Å². The number of hydrogen-bond acceptors (Lipinski definition) is 4. The van der Waals surface area contributed by atoms with Crippen molar-refractivity contribution in [1.82, 2.24) is 5.32 Å². The SMILES string of the molecule is O=C(O)CCCCCNC(=O)CC1C=CS(=O)(=O)C1. The van der Waals surface area contributed by atoms with Crippen molar-refractivity contribution in [3.05, 3.63) is 11.5 Å². The first-order chi connectivity index (χ1) is 8.89. The molecule has 0 aromatic carbocycles. The minimum atomic E-state index is -3.10. The number of nitrogens with one attached hydrogen (secondary N) is 1. The summed E-state index contributed by atoms with van der Waals surface area (Å²) >= 11 is 0. The molecule has 1 atom stereocenters. The molecule has 0 saturated carbocycles. The molecule has 1 aliphatic rings. The third-order valence-corrected chi connectivity index (χ3v) is 4.31. The lowest BCUT2D eigenvalue weighted by atomic mass is 10.1. The van der Waals surface area contributed by atoms with Crippen LogP contribution < -0.4 is 5.32 Å². The molecule has 0 radical (unpaired) electrons. The minimum Gasteiger partial charge on any atom is -0.481 e. The van der Waals surface area contributed by atoms with Crippen LogP contribution in [0.5, 0.6) is 0 Å². The minimum absolute atomic E-state index is 0.0129. The third kappa shape index (κ3) is 6.95. The summed E-state index contributed by atoms with van der Waals surface area (Å²) in [7, 11) is -3.10. The van der Waals surface area contributed by atoms with Crippen molar-refractivity contribution in [1.29, 1.82) is 0 Å². The highest BCUT2D eigenvalue weighted by molar-refractivity contribution is 7.94. The van der Waals surface area contributed by atoms with Gasteiger partial charge in [-0.25, -0.2) is 8.42 Å². The molecule has 0 bridgehead atoms. The van der Waals surface area contributed by atoms with Crippen LogP contribution >= 0.6 is 0 Å². The number of rotatable bonds is 8. The summed E-state index contributed by atoms with van der Waals surface area (Å²) in [5, 5.41) is 12.3. The fourth-order valence-electron chi connectivity index (χ4n) is 1.88. The fourth-order valence-corrected chi connectivity index (χ4v) is 3.28. The summed E-state index contributed by atoms with van der Waals surface area (Å²) in [4.78, 5) is 21.8. The quantitative estimate of drug-likeness (QED) is 0.640. The van der Waals surface area contributed by atoms with Crippen LogP contribution in [-0.4, -0.2) is 37.7 Å². The normalized spacial score (nSPS) is 20.3. The van der Waals surface area contributed by atoms with Crippen molar-refractivity contribution in [2.75, 3.05) is 12.3 Å². The molecule has 1 rings (SSSR count). The van der Waals surface area contributed by atoms with Crippen LogP contribution in [0.3, 0.4) is 0 Å². The van der Waals surface area contributed by atoms with E-state index in [1.165, 1.54) is 0 Å². The molecule has 0 saturated heterocycles. The lowest BCUT2D eigenvalue weighted by Gasteiger charge is -2.07. The van der Waals surface area contributed by atoms with Gasteiger partial charge in [0.15, 0.2) is 9.84 Å². The molecule has 0 fully saturated rings. The van der Waals surface area contributed by atoms with Crippen molar-refractivity contribution in [3.8, 4) is 0 Å². The topological polar surface area (TPSA) is 101 Å². The van der Waals surface area contributed by atoms with E-state index < -0.39 is 15.8 Å². The van der Waals surface area contributed by atoms with Crippen LogP contribution in [0.15, 0.2) is 11.5 Å². The average Bonchev–Trinajstić information content (AvgIpc) is 2.62. The molecule has 7 heteroatoms. The zero-order valence-corrected chi connectivity index (χ0v) is 11.5. The Labute approximate surface area is 112 Å². The predicted molar refractivity (Wildman–Crippen MR) is 70.1 cm³/mol. The summed E-state index contributed by atoms with van der Waals surface area (Å²) in [5.41, 5.74) is 0. The van der Waals surface area contributed by atoms with Gasteiger partial charge < -0.3 is 10.4 Å². The summed E-state index contributed by atoms with van der Waals surface area (Å²) < 4.78 is 22.3. The van der Waals surface area contributed by atoms with Gasteiger partial charge in [-0.1, -0.05) is 12.5 Å². The Bertz CT molecular complexity index is 455. The average molecular weight is 289 g/mol. The van der Waals surface area contributed by atoms with Gasteiger partial charge in [-0.2, -0.15) is 0 Å². The first-order valence-electron chi connectivity index (χ1n) is 6.28. The number of carboxylic acid groups (broad SMARTS) is 1. The lowest BCUT2D eigenvalue weighted by molar-refractivity contribution is -0.137. The molecule has 6 nitrogen and oxygen atoms in total. The number of allylic oxidation sites excluding steroid dienone is 1. The number of unbranched alkanes of at least 4 members (excludes halogenated alkanes) is 2. The van der Waals surface area contributed by atoms with E-state index in [0.717, 1.165) is 18.2 Å². The first-order valence-corrected chi connectivity index (χ1v) is 8.00. The van der Waals surface area contributed by atoms with Gasteiger partial charge in [0.25, 0.3) is 0 Å². The number of sulfone groups is 1. The van der Waals surface area contributed by atoms with Crippen molar-refractivity contribution in [3.63, 3.8) is 0 Å². The highest BCUT2D eigenvalue weighted by Gasteiger charge is 2.23. The Kier molecular flexibility index (Phi) is 6.01. The number of carbonyl (C=O) groups excluding carboxylic acids is 1. The van der Waals surface area contributed by atoms with E-state index in [0.29, 0.717) is 13.0 Å². The molecule has 108 valence electrons. The number of aliphatic carboxylic acids is 1. The molecule has 2 N–H and O–H groups in total. The first kappa shape index (κ1) is 15.7. The second-order valence-corrected chi connectivity index (χ2v) is 6.61. The van der Waals surface area contributed by atoms with Crippen molar-refractivity contribution < 1.29 is 23.1 Å². The van der Waals surface area contributed by atoms with Gasteiger partial charge in [-0.05, 0) is 12.8 Å². The largest absolute Gasteiger partial charge is 0.481 e. The van der Waals surface area contributed by atoms with Gasteiger partial charge in [-0.15, -0.1) is 0 Å². The van der Waals surface area contributed by atoms with Gasteiger partial charge in [0.05, 0.1) is 5.75 Å². The molecule has 0 aromatic rings. The predicted octanol–water partition coefficient (Wildman–Crippen LogP) is 0.696. The van der Waals surface area contributed by atoms with Crippen LogP contribution in [0.25, 0.3) is 0 Å². The standard InChI is InChI=1S/C12H19NO5S/c14-11(8-10-5-7-19(17,18)9-10)13-6-3-1-2-4-12(15)16/h5,7,10H,1-4,6,8-9H2,(H,13,14)(H,15,16). The molecule has 1 amide bonds. The maximum atomic E-state index is 11.5. The number of carboxylic acids is 1. The smallest absolute Gasteiger partial charge is 0.303 e. The van der Waals surface area contributed by atoms with Crippen LogP contribution in [-0.2, 0) is 19.4 Å². The monoisotopic (exact) mass is 289 g/mol. The Morgan fingerprint density at radius 3 is 2.58 bits per heavy atom. The van der Waals surface area contributed by atoms with Crippen LogP contribution in [0.2, 0.25) is 0 Å². The highest BCUT2D eigenvalue weighted by Crippen LogP contribution is 2.17. The van der Waals surface area contributed by atoms with E-state index in [-0.39, 0.29) is 30.4 Å². The summed E-state index contributed by atoms with van der Waals surface area (Å²) in [5.74, 6) is -1.18. The Hall–Kier alpha value is -1.37. The lowest BCUT2D eigenvalue weighted by Crippen LogP contribution is -2.26. The second kappa shape index (κ2) is 7.28. The van der Waals surface area contributed by atoms with Crippen molar-refractivity contribution in [2.45, 2.75) is 32.1 Å². The van der Waals surface area contributed by atoms with Crippen molar-refractivity contribution >= 4 is 21.7 Å².